The summed E-state index contributed by atoms with van der Waals surface area (Å²) in [5.41, 5.74) is 5.38. The van der Waals surface area contributed by atoms with Gasteiger partial charge in [-0.05, 0) is 32.2 Å². The molecule has 1 fully saturated rings. The minimum Gasteiger partial charge on any atom is -0.356 e. The first kappa shape index (κ1) is 21.7. The van der Waals surface area contributed by atoms with E-state index in [1.165, 1.54) is 24.2 Å². The Morgan fingerprint density at radius 2 is 2.04 bits per heavy atom. The number of aromatic nitrogens is 1. The number of nitrogens with two attached hydrogens (primary N) is 1. The van der Waals surface area contributed by atoms with E-state index in [9.17, 15) is 9.59 Å². The van der Waals surface area contributed by atoms with E-state index in [1.807, 2.05) is 13.8 Å². The molecule has 1 aromatic heterocycles. The number of rotatable bonds is 7. The van der Waals surface area contributed by atoms with Crippen molar-refractivity contribution in [2.75, 3.05) is 13.1 Å². The maximum absolute atomic E-state index is 11.5. The predicted octanol–water partition coefficient (Wildman–Crippen LogP) is 3.40. The molecule has 3 N–H and O–H groups in total. The zero-order valence-electron chi connectivity index (χ0n) is 14.4. The average Bonchev–Trinajstić information content (AvgIpc) is 3.30. The Hall–Kier alpha value is -1.27. The largest absolute Gasteiger partial charge is 0.356 e. The van der Waals surface area contributed by atoms with Crippen LogP contribution in [-0.2, 0) is 4.79 Å². The molecule has 1 saturated carbocycles. The summed E-state index contributed by atoms with van der Waals surface area (Å²) in [6.45, 7) is 5.59. The van der Waals surface area contributed by atoms with Crippen molar-refractivity contribution < 1.29 is 9.59 Å². The summed E-state index contributed by atoms with van der Waals surface area (Å²) in [6, 6.07) is 0. The molecule has 0 radical (unpaired) electrons. The Morgan fingerprint density at radius 3 is 2.52 bits per heavy atom. The van der Waals surface area contributed by atoms with Crippen molar-refractivity contribution in [3.05, 3.63) is 16.6 Å². The number of carbonyl (C=O) groups is 2. The molecule has 2 rings (SSSR count). The number of aldehydes is 1. The number of unbranched alkanes of at least 4 members (excludes halogenated alkanes) is 2. The van der Waals surface area contributed by atoms with Crippen molar-refractivity contribution in [2.45, 2.75) is 58.8 Å². The molecule has 0 aliphatic heterocycles. The van der Waals surface area contributed by atoms with Crippen LogP contribution < -0.4 is 11.1 Å². The molecule has 6 heteroatoms. The van der Waals surface area contributed by atoms with Crippen LogP contribution >= 0.6 is 11.3 Å². The zero-order valence-corrected chi connectivity index (χ0v) is 15.2. The number of thiazole rings is 1. The maximum atomic E-state index is 11.5. The van der Waals surface area contributed by atoms with Gasteiger partial charge >= 0.3 is 0 Å². The first-order valence-corrected chi connectivity index (χ1v) is 9.48. The molecule has 0 unspecified atom stereocenters. The normalized spacial score (nSPS) is 13.3. The Bertz CT molecular complexity index is 391. The van der Waals surface area contributed by atoms with E-state index in [4.69, 9.17) is 5.73 Å². The number of nitrogens with zero attached hydrogens (tertiary/aromatic N) is 1. The van der Waals surface area contributed by atoms with Gasteiger partial charge in [-0.15, -0.1) is 11.3 Å². The van der Waals surface area contributed by atoms with Crippen molar-refractivity contribution in [1.29, 1.82) is 0 Å². The molecule has 0 bridgehead atoms. The van der Waals surface area contributed by atoms with Crippen LogP contribution in [0.15, 0.2) is 11.6 Å². The molecule has 0 saturated heterocycles. The molecule has 0 aromatic carbocycles. The first-order valence-electron chi connectivity index (χ1n) is 8.60. The maximum Gasteiger partial charge on any atom is 0.223 e. The van der Waals surface area contributed by atoms with Gasteiger partial charge in [-0.2, -0.15) is 0 Å². The molecule has 0 spiro atoms. The van der Waals surface area contributed by atoms with Crippen LogP contribution in [0.5, 0.6) is 0 Å². The van der Waals surface area contributed by atoms with Gasteiger partial charge in [-0.3, -0.25) is 9.59 Å². The summed E-state index contributed by atoms with van der Waals surface area (Å²) in [5, 5.41) is 5.31. The quantitative estimate of drug-likeness (QED) is 0.588. The fourth-order valence-electron chi connectivity index (χ4n) is 2.28. The number of hydrogen-bond donors (Lipinski definition) is 2. The van der Waals surface area contributed by atoms with Gasteiger partial charge in [0.05, 0.1) is 0 Å². The summed E-state index contributed by atoms with van der Waals surface area (Å²) in [4.78, 5) is 25.0. The molecule has 1 amide bonds. The first-order chi connectivity index (χ1) is 11.3. The van der Waals surface area contributed by atoms with E-state index in [2.05, 4.69) is 10.3 Å². The third-order valence-corrected chi connectivity index (χ3v) is 4.16. The van der Waals surface area contributed by atoms with Crippen molar-refractivity contribution in [1.82, 2.24) is 10.3 Å². The van der Waals surface area contributed by atoms with Crippen LogP contribution in [0, 0.1) is 5.92 Å². The minimum atomic E-state index is 0.273. The van der Waals surface area contributed by atoms with Crippen molar-refractivity contribution >= 4 is 23.5 Å². The fourth-order valence-corrected chi connectivity index (χ4v) is 2.72. The third-order valence-electron chi connectivity index (χ3n) is 3.46. The second kappa shape index (κ2) is 15.6. The molecule has 1 heterocycles. The van der Waals surface area contributed by atoms with Gasteiger partial charge in [0.1, 0.15) is 0 Å². The Labute approximate surface area is 144 Å². The lowest BCUT2D eigenvalue weighted by Crippen LogP contribution is -2.30. The summed E-state index contributed by atoms with van der Waals surface area (Å²) in [5.74, 6) is 0.583. The number of nitrogens with one attached hydrogen (secondary N) is 1. The molecule has 1 aliphatic rings. The summed E-state index contributed by atoms with van der Waals surface area (Å²) in [6.07, 6.45) is 10.2. The Kier molecular flexibility index (Phi) is 14.8. The topological polar surface area (TPSA) is 85.1 Å². The molecule has 1 aliphatic carbocycles. The van der Waals surface area contributed by atoms with E-state index in [0.717, 1.165) is 51.5 Å². The second-order valence-corrected chi connectivity index (χ2v) is 6.04. The van der Waals surface area contributed by atoms with Gasteiger partial charge in [0.2, 0.25) is 5.91 Å². The van der Waals surface area contributed by atoms with Gasteiger partial charge < -0.3 is 11.1 Å². The van der Waals surface area contributed by atoms with E-state index < -0.39 is 0 Å². The molecule has 23 heavy (non-hydrogen) atoms. The highest BCUT2D eigenvalue weighted by Crippen LogP contribution is 2.24. The summed E-state index contributed by atoms with van der Waals surface area (Å²) < 4.78 is 0. The van der Waals surface area contributed by atoms with Crippen molar-refractivity contribution in [3.63, 3.8) is 0 Å². The standard InChI is InChI=1S/C11H22N2O.C4H3NOS.C2H6/c12-8-4-1-5-9-13-11(14)10-6-2-3-7-10;6-3-4-5-1-2-7-4;1-2/h10H,1-9,12H2,(H,13,14);1-3H;1-2H3. The minimum absolute atomic E-state index is 0.273. The highest BCUT2D eigenvalue weighted by atomic mass is 32.1. The fraction of sp³-hybridized carbons (Fsp3) is 0.706. The lowest BCUT2D eigenvalue weighted by Gasteiger charge is -2.09. The van der Waals surface area contributed by atoms with Crippen LogP contribution in [0.4, 0.5) is 0 Å². The number of carbonyl (C=O) groups excluding carboxylic acids is 2. The van der Waals surface area contributed by atoms with Crippen molar-refractivity contribution in [3.8, 4) is 0 Å². The number of amides is 1. The highest BCUT2D eigenvalue weighted by Gasteiger charge is 2.21. The lowest BCUT2D eigenvalue weighted by molar-refractivity contribution is -0.124. The summed E-state index contributed by atoms with van der Waals surface area (Å²) in [7, 11) is 0. The van der Waals surface area contributed by atoms with E-state index in [0.29, 0.717) is 10.9 Å². The van der Waals surface area contributed by atoms with Gasteiger partial charge in [-0.1, -0.05) is 33.1 Å². The summed E-state index contributed by atoms with van der Waals surface area (Å²) >= 11 is 1.34. The molecule has 0 atom stereocenters. The molecule has 132 valence electrons. The smallest absolute Gasteiger partial charge is 0.223 e. The monoisotopic (exact) mass is 341 g/mol. The van der Waals surface area contributed by atoms with Crippen molar-refractivity contribution in [2.24, 2.45) is 11.7 Å². The second-order valence-electron chi connectivity index (χ2n) is 5.11. The lowest BCUT2D eigenvalue weighted by atomic mass is 10.1. The van der Waals surface area contributed by atoms with Crippen LogP contribution in [0.1, 0.15) is 68.6 Å². The molecular weight excluding hydrogens is 310 g/mol. The highest BCUT2D eigenvalue weighted by molar-refractivity contribution is 7.11. The third kappa shape index (κ3) is 11.0. The van der Waals surface area contributed by atoms with Gasteiger partial charge in [0, 0.05) is 24.0 Å². The molecular formula is C17H31N3O2S. The van der Waals surface area contributed by atoms with Gasteiger partial charge in [0.25, 0.3) is 0 Å². The Morgan fingerprint density at radius 1 is 1.35 bits per heavy atom. The molecule has 5 nitrogen and oxygen atoms in total. The predicted molar refractivity (Wildman–Crippen MR) is 96.7 cm³/mol. The molecule has 1 aromatic rings. The van der Waals surface area contributed by atoms with E-state index in [-0.39, 0.29) is 5.91 Å². The number of hydrogen-bond acceptors (Lipinski definition) is 5. The average molecular weight is 342 g/mol. The van der Waals surface area contributed by atoms with E-state index >= 15 is 0 Å². The van der Waals surface area contributed by atoms with Gasteiger partial charge in [0.15, 0.2) is 11.3 Å². The van der Waals surface area contributed by atoms with Crippen LogP contribution in [0.3, 0.4) is 0 Å². The van der Waals surface area contributed by atoms with Crippen LogP contribution in [0.2, 0.25) is 0 Å². The van der Waals surface area contributed by atoms with Gasteiger partial charge in [-0.25, -0.2) is 4.98 Å². The van der Waals surface area contributed by atoms with E-state index in [1.54, 1.807) is 11.6 Å². The SMILES string of the molecule is CC.NCCCCCNC(=O)C1CCCC1.O=Cc1nccs1. The Balaban J connectivity index is 0.000000449. The van der Waals surface area contributed by atoms with Crippen LogP contribution in [0.25, 0.3) is 0 Å². The zero-order chi connectivity index (χ0) is 17.3. The van der Waals surface area contributed by atoms with Crippen LogP contribution in [-0.4, -0.2) is 30.3 Å².